The Bertz CT molecular complexity index is 1460. The summed E-state index contributed by atoms with van der Waals surface area (Å²) in [6.07, 6.45) is 2.26. The molecule has 12 N–H and O–H groups in total. The van der Waals surface area contributed by atoms with Crippen molar-refractivity contribution in [3.8, 4) is 0 Å². The molecule has 0 saturated heterocycles. The Kier molecular flexibility index (Phi) is 17.1. The number of urea groups is 2. The first-order chi connectivity index (χ1) is 24.3. The zero-order valence-corrected chi connectivity index (χ0v) is 28.3. The summed E-state index contributed by atoms with van der Waals surface area (Å²) in [7, 11) is 0. The van der Waals surface area contributed by atoms with E-state index in [1.165, 1.54) is 0 Å². The second-order valence-corrected chi connectivity index (χ2v) is 11.6. The predicted octanol–water partition coefficient (Wildman–Crippen LogP) is 1.51. The second kappa shape index (κ2) is 22.1. The number of amides is 6. The van der Waals surface area contributed by atoms with E-state index in [-0.39, 0.29) is 36.4 Å². The molecule has 0 aliphatic heterocycles. The maximum atomic E-state index is 13.8. The maximum absolute atomic E-state index is 13.8. The van der Waals surface area contributed by atoms with Gasteiger partial charge in [-0.3, -0.25) is 14.6 Å². The fourth-order valence-corrected chi connectivity index (χ4v) is 5.05. The molecule has 0 bridgehead atoms. The van der Waals surface area contributed by atoms with Crippen LogP contribution in [0.1, 0.15) is 53.9 Å². The monoisotopic (exact) mass is 686 g/mol. The third kappa shape index (κ3) is 14.6. The lowest BCUT2D eigenvalue weighted by Crippen LogP contribution is -2.48. The smallest absolute Gasteiger partial charge is 0.315 e. The van der Waals surface area contributed by atoms with E-state index in [0.29, 0.717) is 58.5 Å². The number of aliphatic imine (C=N–C) groups is 1. The number of nitrogens with two attached hydrogens (primary N) is 3. The lowest BCUT2D eigenvalue weighted by molar-refractivity contribution is -0.129. The highest BCUT2D eigenvalue weighted by atomic mass is 16.2. The fraction of sp³-hybridized carbons (Fsp3) is 0.361. The van der Waals surface area contributed by atoms with Crippen LogP contribution in [0.4, 0.5) is 9.59 Å². The minimum Gasteiger partial charge on any atom is -0.370 e. The average Bonchev–Trinajstić information content (AvgIpc) is 3.12. The van der Waals surface area contributed by atoms with E-state index in [4.69, 9.17) is 17.2 Å². The first kappa shape index (κ1) is 38.8. The van der Waals surface area contributed by atoms with E-state index in [2.05, 4.69) is 36.9 Å². The van der Waals surface area contributed by atoms with E-state index in [1.807, 2.05) is 84.9 Å². The molecule has 14 nitrogen and oxygen atoms in total. The SMILES string of the molecule is NCCNC(=O)NCCCCNC(=O)NCc1ccc(CNC(=O)[C@@H](CCCN=C(N)N)NC(=O)C(c2ccccc2)c2ccccc2)cc1. The number of guanidine groups is 1. The Labute approximate surface area is 293 Å². The molecule has 1 atom stereocenters. The van der Waals surface area contributed by atoms with Crippen LogP contribution in [0.15, 0.2) is 89.9 Å². The zero-order valence-electron chi connectivity index (χ0n) is 28.3. The van der Waals surface area contributed by atoms with E-state index >= 15 is 0 Å². The Morgan fingerprint density at radius 1 is 0.600 bits per heavy atom. The third-order valence-electron chi connectivity index (χ3n) is 7.65. The number of benzene rings is 3. The summed E-state index contributed by atoms with van der Waals surface area (Å²) in [6, 6.07) is 25.0. The molecule has 0 aliphatic carbocycles. The van der Waals surface area contributed by atoms with Gasteiger partial charge in [0, 0.05) is 45.8 Å². The Morgan fingerprint density at radius 2 is 1.10 bits per heavy atom. The van der Waals surface area contributed by atoms with Gasteiger partial charge < -0.3 is 49.1 Å². The number of carbonyl (C=O) groups is 4. The van der Waals surface area contributed by atoms with Crippen molar-refractivity contribution in [1.82, 2.24) is 31.9 Å². The predicted molar refractivity (Wildman–Crippen MR) is 195 cm³/mol. The Hall–Kier alpha value is -5.63. The molecule has 3 rings (SSSR count). The number of hydrogen-bond acceptors (Lipinski definition) is 6. The molecule has 0 fully saturated rings. The van der Waals surface area contributed by atoms with Gasteiger partial charge in [-0.2, -0.15) is 0 Å². The maximum Gasteiger partial charge on any atom is 0.315 e. The van der Waals surface area contributed by atoms with Gasteiger partial charge in [0.1, 0.15) is 6.04 Å². The van der Waals surface area contributed by atoms with Gasteiger partial charge in [-0.05, 0) is 47.9 Å². The molecule has 14 heteroatoms. The first-order valence-electron chi connectivity index (χ1n) is 16.8. The summed E-state index contributed by atoms with van der Waals surface area (Å²) >= 11 is 0. The minimum absolute atomic E-state index is 0.0334. The van der Waals surface area contributed by atoms with Gasteiger partial charge in [0.15, 0.2) is 5.96 Å². The van der Waals surface area contributed by atoms with Crippen LogP contribution in [0.3, 0.4) is 0 Å². The van der Waals surface area contributed by atoms with Crippen LogP contribution >= 0.6 is 0 Å². The fourth-order valence-electron chi connectivity index (χ4n) is 5.05. The number of carbonyl (C=O) groups excluding carboxylic acids is 4. The molecule has 0 aliphatic rings. The van der Waals surface area contributed by atoms with E-state index in [9.17, 15) is 19.2 Å². The summed E-state index contributed by atoms with van der Waals surface area (Å²) in [5.74, 6) is -1.24. The summed E-state index contributed by atoms with van der Waals surface area (Å²) < 4.78 is 0. The van der Waals surface area contributed by atoms with Crippen LogP contribution in [-0.2, 0) is 22.7 Å². The molecule has 0 spiro atoms. The van der Waals surface area contributed by atoms with E-state index in [0.717, 1.165) is 28.7 Å². The van der Waals surface area contributed by atoms with Crippen molar-refractivity contribution in [1.29, 1.82) is 0 Å². The van der Waals surface area contributed by atoms with Crippen LogP contribution < -0.4 is 49.1 Å². The van der Waals surface area contributed by atoms with Gasteiger partial charge >= 0.3 is 12.1 Å². The van der Waals surface area contributed by atoms with Crippen LogP contribution in [0.2, 0.25) is 0 Å². The largest absolute Gasteiger partial charge is 0.370 e. The van der Waals surface area contributed by atoms with Crippen LogP contribution in [0.5, 0.6) is 0 Å². The van der Waals surface area contributed by atoms with Crippen molar-refractivity contribution < 1.29 is 19.2 Å². The van der Waals surface area contributed by atoms with Gasteiger partial charge in [-0.25, -0.2) is 9.59 Å². The van der Waals surface area contributed by atoms with Crippen molar-refractivity contribution in [3.05, 3.63) is 107 Å². The highest BCUT2D eigenvalue weighted by molar-refractivity contribution is 5.92. The quantitative estimate of drug-likeness (QED) is 0.0483. The van der Waals surface area contributed by atoms with Crippen molar-refractivity contribution in [3.63, 3.8) is 0 Å². The minimum atomic E-state index is -0.814. The molecular weight excluding hydrogens is 636 g/mol. The highest BCUT2D eigenvalue weighted by Gasteiger charge is 2.27. The number of rotatable bonds is 20. The van der Waals surface area contributed by atoms with Crippen LogP contribution in [0.25, 0.3) is 0 Å². The van der Waals surface area contributed by atoms with Gasteiger partial charge in [0.25, 0.3) is 0 Å². The van der Waals surface area contributed by atoms with Crippen LogP contribution in [0, 0.1) is 0 Å². The molecule has 50 heavy (non-hydrogen) atoms. The molecule has 3 aromatic rings. The number of nitrogens with one attached hydrogen (secondary N) is 6. The zero-order chi connectivity index (χ0) is 36.0. The lowest BCUT2D eigenvalue weighted by atomic mass is 9.90. The van der Waals surface area contributed by atoms with Crippen molar-refractivity contribution >= 4 is 29.8 Å². The molecule has 6 amide bonds. The molecule has 268 valence electrons. The summed E-state index contributed by atoms with van der Waals surface area (Å²) in [5, 5.41) is 16.9. The molecule has 0 unspecified atom stereocenters. The van der Waals surface area contributed by atoms with Gasteiger partial charge in [0.05, 0.1) is 5.92 Å². The number of nitrogens with zero attached hydrogens (tertiary/aromatic N) is 1. The van der Waals surface area contributed by atoms with Crippen molar-refractivity contribution in [2.75, 3.05) is 32.7 Å². The molecule has 0 radical (unpaired) electrons. The van der Waals surface area contributed by atoms with Gasteiger partial charge in [0.2, 0.25) is 11.8 Å². The van der Waals surface area contributed by atoms with Gasteiger partial charge in [-0.15, -0.1) is 0 Å². The van der Waals surface area contributed by atoms with E-state index in [1.54, 1.807) is 0 Å². The molecule has 3 aromatic carbocycles. The standard InChI is InChI=1S/C36H50N10O4/c37-19-23-43-35(49)41-20-7-8-21-42-36(50)45-25-27-17-15-26(16-18-27)24-44-32(47)30(14-9-22-40-34(38)39)46-33(48)31(28-10-3-1-4-11-28)29-12-5-2-6-13-29/h1-6,10-13,15-18,30-31H,7-9,14,19-25,37H2,(H,44,47)(H,46,48)(H4,38,39,40)(H2,41,43,49)(H2,42,45,50)/t30-/m1/s1. The van der Waals surface area contributed by atoms with Gasteiger partial charge in [-0.1, -0.05) is 84.9 Å². The summed E-state index contributed by atoms with van der Waals surface area (Å²) in [5.41, 5.74) is 19.7. The van der Waals surface area contributed by atoms with Crippen molar-refractivity contribution in [2.45, 2.75) is 50.7 Å². The second-order valence-electron chi connectivity index (χ2n) is 11.6. The topological polar surface area (TPSA) is 231 Å². The third-order valence-corrected chi connectivity index (χ3v) is 7.65. The number of unbranched alkanes of at least 4 members (excludes halogenated alkanes) is 1. The molecule has 0 heterocycles. The summed E-state index contributed by atoms with van der Waals surface area (Å²) in [4.78, 5) is 54.9. The molecule has 0 aromatic heterocycles. The molecule has 0 saturated carbocycles. The summed E-state index contributed by atoms with van der Waals surface area (Å²) in [6.45, 7) is 2.69. The Balaban J connectivity index is 1.49. The lowest BCUT2D eigenvalue weighted by Gasteiger charge is -2.23. The molecular formula is C36H50N10O4. The van der Waals surface area contributed by atoms with Crippen molar-refractivity contribution in [2.24, 2.45) is 22.2 Å². The normalized spacial score (nSPS) is 11.2. The van der Waals surface area contributed by atoms with Crippen LogP contribution in [-0.4, -0.2) is 68.6 Å². The highest BCUT2D eigenvalue weighted by Crippen LogP contribution is 2.25. The number of hydrogen-bond donors (Lipinski definition) is 9. The first-order valence-corrected chi connectivity index (χ1v) is 16.8. The average molecular weight is 687 g/mol. The van der Waals surface area contributed by atoms with E-state index < -0.39 is 12.0 Å². The Morgan fingerprint density at radius 3 is 1.62 bits per heavy atom.